The van der Waals surface area contributed by atoms with Crippen LogP contribution in [0, 0.1) is 0 Å². The van der Waals surface area contributed by atoms with E-state index in [1.54, 1.807) is 0 Å². The normalized spacial score (nSPS) is 10.6. The smallest absolute Gasteiger partial charge is 0.122 e. The second-order valence-corrected chi connectivity index (χ2v) is 4.32. The molecule has 0 spiro atoms. The molecule has 0 unspecified atom stereocenters. The molecule has 0 aliphatic rings. The summed E-state index contributed by atoms with van der Waals surface area (Å²) < 4.78 is 0. The molecule has 0 aliphatic heterocycles. The van der Waals surface area contributed by atoms with Crippen LogP contribution in [0.1, 0.15) is 50.7 Å². The molecule has 1 aromatic rings. The minimum absolute atomic E-state index is 0.228. The van der Waals surface area contributed by atoms with Crippen LogP contribution >= 0.6 is 0 Å². The summed E-state index contributed by atoms with van der Waals surface area (Å²) in [5.41, 5.74) is 1.93. The Bertz CT molecular complexity index is 303. The SMILES string of the molecule is CCCCc1cc(CCCC)c(O)cc1O. The zero-order valence-electron chi connectivity index (χ0n) is 10.3. The largest absolute Gasteiger partial charge is 0.508 e. The molecule has 0 aliphatic carbocycles. The van der Waals surface area contributed by atoms with Crippen LogP contribution in [0.5, 0.6) is 11.5 Å². The number of hydrogen-bond acceptors (Lipinski definition) is 2. The van der Waals surface area contributed by atoms with Gasteiger partial charge in [-0.2, -0.15) is 0 Å². The van der Waals surface area contributed by atoms with Crippen molar-refractivity contribution in [2.45, 2.75) is 52.4 Å². The molecule has 0 bridgehead atoms. The van der Waals surface area contributed by atoms with Crippen molar-refractivity contribution in [3.63, 3.8) is 0 Å². The van der Waals surface area contributed by atoms with E-state index >= 15 is 0 Å². The molecule has 2 nitrogen and oxygen atoms in total. The number of unbranched alkanes of at least 4 members (excludes halogenated alkanes) is 2. The van der Waals surface area contributed by atoms with E-state index in [0.29, 0.717) is 0 Å². The van der Waals surface area contributed by atoms with Crippen molar-refractivity contribution in [3.8, 4) is 11.5 Å². The highest BCUT2D eigenvalue weighted by Gasteiger charge is 2.07. The van der Waals surface area contributed by atoms with Gasteiger partial charge < -0.3 is 10.2 Å². The van der Waals surface area contributed by atoms with E-state index in [1.165, 1.54) is 6.07 Å². The summed E-state index contributed by atoms with van der Waals surface area (Å²) in [6.45, 7) is 4.27. The van der Waals surface area contributed by atoms with Gasteiger partial charge in [-0.3, -0.25) is 0 Å². The van der Waals surface area contributed by atoms with Crippen molar-refractivity contribution in [2.24, 2.45) is 0 Å². The maximum absolute atomic E-state index is 9.71. The first-order chi connectivity index (χ1) is 7.69. The number of hydrogen-bond donors (Lipinski definition) is 2. The average molecular weight is 222 g/mol. The first-order valence-electron chi connectivity index (χ1n) is 6.22. The van der Waals surface area contributed by atoms with Crippen molar-refractivity contribution in [1.82, 2.24) is 0 Å². The number of aromatic hydroxyl groups is 2. The van der Waals surface area contributed by atoms with Crippen LogP contribution in [0.25, 0.3) is 0 Å². The third-order valence-corrected chi connectivity index (χ3v) is 2.88. The maximum atomic E-state index is 9.71. The van der Waals surface area contributed by atoms with Gasteiger partial charge in [-0.05, 0) is 42.9 Å². The highest BCUT2D eigenvalue weighted by Crippen LogP contribution is 2.29. The minimum atomic E-state index is 0.228. The van der Waals surface area contributed by atoms with E-state index < -0.39 is 0 Å². The number of rotatable bonds is 6. The molecule has 1 aromatic carbocycles. The Kier molecular flexibility index (Phi) is 5.17. The van der Waals surface area contributed by atoms with Crippen LogP contribution in [0.2, 0.25) is 0 Å². The van der Waals surface area contributed by atoms with E-state index in [1.807, 2.05) is 6.07 Å². The van der Waals surface area contributed by atoms with Crippen LogP contribution < -0.4 is 0 Å². The standard InChI is InChI=1S/C14H22O2/c1-3-5-7-11-9-12(8-6-4-2)14(16)10-13(11)15/h9-10,15-16H,3-8H2,1-2H3. The molecule has 0 atom stereocenters. The summed E-state index contributed by atoms with van der Waals surface area (Å²) >= 11 is 0. The van der Waals surface area contributed by atoms with Crippen LogP contribution in [-0.4, -0.2) is 10.2 Å². The molecule has 0 radical (unpaired) electrons. The fourth-order valence-electron chi connectivity index (χ4n) is 1.81. The number of phenolic OH excluding ortho intramolecular Hbond substituents is 2. The lowest BCUT2D eigenvalue weighted by atomic mass is 10.0. The van der Waals surface area contributed by atoms with Crippen LogP contribution in [0.3, 0.4) is 0 Å². The van der Waals surface area contributed by atoms with E-state index in [0.717, 1.165) is 49.7 Å². The first kappa shape index (κ1) is 12.9. The zero-order chi connectivity index (χ0) is 12.0. The van der Waals surface area contributed by atoms with Gasteiger partial charge in [0.2, 0.25) is 0 Å². The molecule has 0 amide bonds. The summed E-state index contributed by atoms with van der Waals surface area (Å²) in [5.74, 6) is 0.456. The predicted octanol–water partition coefficient (Wildman–Crippen LogP) is 3.78. The molecular weight excluding hydrogens is 200 g/mol. The molecule has 0 saturated heterocycles. The lowest BCUT2D eigenvalue weighted by Gasteiger charge is -2.09. The molecule has 2 heteroatoms. The van der Waals surface area contributed by atoms with E-state index in [2.05, 4.69) is 13.8 Å². The zero-order valence-corrected chi connectivity index (χ0v) is 10.3. The Hall–Kier alpha value is -1.18. The monoisotopic (exact) mass is 222 g/mol. The lowest BCUT2D eigenvalue weighted by molar-refractivity contribution is 0.440. The van der Waals surface area contributed by atoms with Gasteiger partial charge in [-0.15, -0.1) is 0 Å². The van der Waals surface area contributed by atoms with Crippen molar-refractivity contribution in [1.29, 1.82) is 0 Å². The average Bonchev–Trinajstić information content (AvgIpc) is 2.26. The van der Waals surface area contributed by atoms with Crippen molar-refractivity contribution >= 4 is 0 Å². The fourth-order valence-corrected chi connectivity index (χ4v) is 1.81. The lowest BCUT2D eigenvalue weighted by Crippen LogP contribution is -1.92. The van der Waals surface area contributed by atoms with Crippen molar-refractivity contribution in [2.75, 3.05) is 0 Å². The summed E-state index contributed by atoms with van der Waals surface area (Å²) in [4.78, 5) is 0. The first-order valence-corrected chi connectivity index (χ1v) is 6.22. The highest BCUT2D eigenvalue weighted by molar-refractivity contribution is 5.45. The van der Waals surface area contributed by atoms with E-state index in [-0.39, 0.29) is 11.5 Å². The van der Waals surface area contributed by atoms with E-state index in [9.17, 15) is 10.2 Å². The van der Waals surface area contributed by atoms with Crippen LogP contribution in [-0.2, 0) is 12.8 Å². The summed E-state index contributed by atoms with van der Waals surface area (Å²) in [6.07, 6.45) is 6.16. The molecule has 0 fully saturated rings. The Morgan fingerprint density at radius 1 is 0.812 bits per heavy atom. The van der Waals surface area contributed by atoms with Gasteiger partial charge in [0.05, 0.1) is 0 Å². The topological polar surface area (TPSA) is 40.5 Å². The Balaban J connectivity index is 2.83. The summed E-state index contributed by atoms with van der Waals surface area (Å²) in [5, 5.41) is 19.4. The number of benzene rings is 1. The second kappa shape index (κ2) is 6.41. The van der Waals surface area contributed by atoms with Gasteiger partial charge >= 0.3 is 0 Å². The van der Waals surface area contributed by atoms with Gasteiger partial charge in [0.1, 0.15) is 11.5 Å². The van der Waals surface area contributed by atoms with Crippen molar-refractivity contribution < 1.29 is 10.2 Å². The quantitative estimate of drug-likeness (QED) is 0.769. The Morgan fingerprint density at radius 3 is 1.62 bits per heavy atom. The van der Waals surface area contributed by atoms with Gasteiger partial charge in [0.15, 0.2) is 0 Å². The molecule has 0 heterocycles. The Morgan fingerprint density at radius 2 is 1.25 bits per heavy atom. The van der Waals surface area contributed by atoms with Crippen LogP contribution in [0.15, 0.2) is 12.1 Å². The van der Waals surface area contributed by atoms with Gasteiger partial charge in [-0.1, -0.05) is 26.7 Å². The number of aryl methyl sites for hydroxylation is 2. The third-order valence-electron chi connectivity index (χ3n) is 2.88. The number of phenols is 2. The third kappa shape index (κ3) is 3.44. The molecule has 0 aromatic heterocycles. The van der Waals surface area contributed by atoms with Crippen molar-refractivity contribution in [3.05, 3.63) is 23.3 Å². The van der Waals surface area contributed by atoms with Gasteiger partial charge in [0.25, 0.3) is 0 Å². The fraction of sp³-hybridized carbons (Fsp3) is 0.571. The second-order valence-electron chi connectivity index (χ2n) is 4.32. The molecule has 1 rings (SSSR count). The molecule has 16 heavy (non-hydrogen) atoms. The maximum Gasteiger partial charge on any atom is 0.122 e. The predicted molar refractivity (Wildman–Crippen MR) is 67.0 cm³/mol. The molecule has 0 saturated carbocycles. The minimum Gasteiger partial charge on any atom is -0.508 e. The molecule has 90 valence electrons. The Labute approximate surface area is 97.9 Å². The van der Waals surface area contributed by atoms with Gasteiger partial charge in [0, 0.05) is 6.07 Å². The van der Waals surface area contributed by atoms with Crippen LogP contribution in [0.4, 0.5) is 0 Å². The highest BCUT2D eigenvalue weighted by atomic mass is 16.3. The van der Waals surface area contributed by atoms with Gasteiger partial charge in [-0.25, -0.2) is 0 Å². The molecular formula is C14H22O2. The van der Waals surface area contributed by atoms with E-state index in [4.69, 9.17) is 0 Å². The summed E-state index contributed by atoms with van der Waals surface area (Å²) in [7, 11) is 0. The summed E-state index contributed by atoms with van der Waals surface area (Å²) in [6, 6.07) is 3.44. The molecule has 2 N–H and O–H groups in total.